The Morgan fingerprint density at radius 3 is 2.94 bits per heavy atom. The Balaban J connectivity index is 2.29. The molecular formula is C14H18ClNO2. The molecule has 0 bridgehead atoms. The first-order valence-electron chi connectivity index (χ1n) is 6.28. The maximum absolute atomic E-state index is 11.3. The summed E-state index contributed by atoms with van der Waals surface area (Å²) in [5, 5.41) is 0.642. The lowest BCUT2D eigenvalue weighted by Gasteiger charge is -2.37. The minimum absolute atomic E-state index is 0.0393. The molecule has 0 radical (unpaired) electrons. The van der Waals surface area contributed by atoms with Crippen molar-refractivity contribution >= 4 is 23.1 Å². The predicted octanol–water partition coefficient (Wildman–Crippen LogP) is 3.16. The van der Waals surface area contributed by atoms with Gasteiger partial charge in [0.05, 0.1) is 30.0 Å². The van der Waals surface area contributed by atoms with Crippen LogP contribution in [-0.2, 0) is 4.74 Å². The standard InChI is InChI=1S/C14H18ClNO2/c1-3-12-9-18-7-6-16(12)14-5-4-11(10(2)17)8-13(14)15/h4-5,8,12H,3,6-7,9H2,1-2H3. The van der Waals surface area contributed by atoms with Crippen LogP contribution in [0.4, 0.5) is 5.69 Å². The van der Waals surface area contributed by atoms with E-state index in [-0.39, 0.29) is 5.78 Å². The molecule has 4 heteroatoms. The molecule has 0 spiro atoms. The Kier molecular flexibility index (Phi) is 4.25. The predicted molar refractivity (Wildman–Crippen MR) is 73.7 cm³/mol. The average molecular weight is 268 g/mol. The third-order valence-electron chi connectivity index (χ3n) is 3.36. The molecule has 0 aromatic heterocycles. The van der Waals surface area contributed by atoms with Gasteiger partial charge in [0, 0.05) is 12.1 Å². The third kappa shape index (κ3) is 2.68. The van der Waals surface area contributed by atoms with Crippen LogP contribution in [0.1, 0.15) is 30.6 Å². The van der Waals surface area contributed by atoms with Gasteiger partial charge in [-0.15, -0.1) is 0 Å². The van der Waals surface area contributed by atoms with E-state index in [9.17, 15) is 4.79 Å². The zero-order valence-corrected chi connectivity index (χ0v) is 11.5. The zero-order chi connectivity index (χ0) is 13.1. The summed E-state index contributed by atoms with van der Waals surface area (Å²) in [6.45, 7) is 6.00. The van der Waals surface area contributed by atoms with Crippen molar-refractivity contribution in [2.24, 2.45) is 0 Å². The van der Waals surface area contributed by atoms with Gasteiger partial charge in [-0.2, -0.15) is 0 Å². The lowest BCUT2D eigenvalue weighted by molar-refractivity contribution is 0.0930. The molecule has 0 saturated carbocycles. The summed E-state index contributed by atoms with van der Waals surface area (Å²) in [6, 6.07) is 5.89. The van der Waals surface area contributed by atoms with E-state index < -0.39 is 0 Å². The number of carbonyl (C=O) groups is 1. The van der Waals surface area contributed by atoms with E-state index >= 15 is 0 Å². The molecule has 1 heterocycles. The van der Waals surface area contributed by atoms with Crippen LogP contribution in [0.2, 0.25) is 5.02 Å². The van der Waals surface area contributed by atoms with Gasteiger partial charge in [0.25, 0.3) is 0 Å². The number of ketones is 1. The summed E-state index contributed by atoms with van der Waals surface area (Å²) < 4.78 is 5.49. The van der Waals surface area contributed by atoms with Crippen molar-refractivity contribution in [2.45, 2.75) is 26.3 Å². The van der Waals surface area contributed by atoms with Crippen LogP contribution in [-0.4, -0.2) is 31.6 Å². The van der Waals surface area contributed by atoms with E-state index in [1.807, 2.05) is 12.1 Å². The van der Waals surface area contributed by atoms with Crippen LogP contribution in [0.25, 0.3) is 0 Å². The van der Waals surface area contributed by atoms with Gasteiger partial charge < -0.3 is 9.64 Å². The highest BCUT2D eigenvalue weighted by molar-refractivity contribution is 6.33. The molecule has 98 valence electrons. The Labute approximate surface area is 113 Å². The van der Waals surface area contributed by atoms with Crippen molar-refractivity contribution in [3.05, 3.63) is 28.8 Å². The van der Waals surface area contributed by atoms with E-state index in [4.69, 9.17) is 16.3 Å². The molecule has 1 aliphatic rings. The van der Waals surface area contributed by atoms with E-state index in [0.717, 1.165) is 31.9 Å². The van der Waals surface area contributed by atoms with Gasteiger partial charge in [0.15, 0.2) is 5.78 Å². The van der Waals surface area contributed by atoms with Crippen LogP contribution >= 0.6 is 11.6 Å². The van der Waals surface area contributed by atoms with Crippen molar-refractivity contribution in [2.75, 3.05) is 24.7 Å². The first-order chi connectivity index (χ1) is 8.63. The molecule has 1 atom stereocenters. The van der Waals surface area contributed by atoms with Crippen LogP contribution in [0.15, 0.2) is 18.2 Å². The molecule has 0 aliphatic carbocycles. The minimum Gasteiger partial charge on any atom is -0.377 e. The van der Waals surface area contributed by atoms with Gasteiger partial charge in [-0.3, -0.25) is 4.79 Å². The van der Waals surface area contributed by atoms with Gasteiger partial charge in [-0.1, -0.05) is 18.5 Å². The monoisotopic (exact) mass is 267 g/mol. The number of hydrogen-bond acceptors (Lipinski definition) is 3. The Bertz CT molecular complexity index is 447. The largest absolute Gasteiger partial charge is 0.377 e. The number of anilines is 1. The summed E-state index contributed by atoms with van der Waals surface area (Å²) in [5.74, 6) is 0.0393. The SMILES string of the molecule is CCC1COCCN1c1ccc(C(C)=O)cc1Cl. The van der Waals surface area contributed by atoms with Crippen molar-refractivity contribution < 1.29 is 9.53 Å². The second-order valence-electron chi connectivity index (χ2n) is 4.55. The molecule has 1 aromatic rings. The summed E-state index contributed by atoms with van der Waals surface area (Å²) >= 11 is 6.29. The fraction of sp³-hybridized carbons (Fsp3) is 0.500. The van der Waals surface area contributed by atoms with E-state index in [2.05, 4.69) is 11.8 Å². The fourth-order valence-electron chi connectivity index (χ4n) is 2.27. The number of halogens is 1. The van der Waals surface area contributed by atoms with Crippen LogP contribution in [0.5, 0.6) is 0 Å². The van der Waals surface area contributed by atoms with Gasteiger partial charge in [0.2, 0.25) is 0 Å². The number of morpholine rings is 1. The summed E-state index contributed by atoms with van der Waals surface area (Å²) in [7, 11) is 0. The molecule has 1 aromatic carbocycles. The normalized spacial score (nSPS) is 19.9. The second kappa shape index (κ2) is 5.72. The number of ether oxygens (including phenoxy) is 1. The molecular weight excluding hydrogens is 250 g/mol. The topological polar surface area (TPSA) is 29.5 Å². The molecule has 2 rings (SSSR count). The average Bonchev–Trinajstić information content (AvgIpc) is 2.38. The Hall–Kier alpha value is -1.06. The third-order valence-corrected chi connectivity index (χ3v) is 3.67. The van der Waals surface area contributed by atoms with Crippen molar-refractivity contribution in [3.8, 4) is 0 Å². The summed E-state index contributed by atoms with van der Waals surface area (Å²) in [5.41, 5.74) is 1.65. The molecule has 3 nitrogen and oxygen atoms in total. The van der Waals surface area contributed by atoms with Crippen LogP contribution in [0, 0.1) is 0 Å². The summed E-state index contributed by atoms with van der Waals surface area (Å²) in [6.07, 6.45) is 1.02. The minimum atomic E-state index is 0.0393. The van der Waals surface area contributed by atoms with E-state index in [1.165, 1.54) is 0 Å². The lowest BCUT2D eigenvalue weighted by Crippen LogP contribution is -2.45. The molecule has 0 amide bonds. The lowest BCUT2D eigenvalue weighted by atomic mass is 10.1. The quantitative estimate of drug-likeness (QED) is 0.788. The second-order valence-corrected chi connectivity index (χ2v) is 4.96. The maximum atomic E-state index is 11.3. The molecule has 1 aliphatic heterocycles. The van der Waals surface area contributed by atoms with Crippen LogP contribution in [0.3, 0.4) is 0 Å². The summed E-state index contributed by atoms with van der Waals surface area (Å²) in [4.78, 5) is 13.6. The number of Topliss-reactive ketones (excluding diaryl/α,β-unsaturated/α-hetero) is 1. The zero-order valence-electron chi connectivity index (χ0n) is 10.8. The Morgan fingerprint density at radius 2 is 2.33 bits per heavy atom. The van der Waals surface area contributed by atoms with Crippen molar-refractivity contribution in [1.29, 1.82) is 0 Å². The number of carbonyl (C=O) groups excluding carboxylic acids is 1. The van der Waals surface area contributed by atoms with Gasteiger partial charge in [-0.05, 0) is 31.5 Å². The smallest absolute Gasteiger partial charge is 0.159 e. The fourth-order valence-corrected chi connectivity index (χ4v) is 2.56. The first-order valence-corrected chi connectivity index (χ1v) is 6.66. The number of benzene rings is 1. The van der Waals surface area contributed by atoms with Crippen molar-refractivity contribution in [1.82, 2.24) is 0 Å². The van der Waals surface area contributed by atoms with E-state index in [1.54, 1.807) is 13.0 Å². The number of rotatable bonds is 3. The van der Waals surface area contributed by atoms with Gasteiger partial charge in [-0.25, -0.2) is 0 Å². The molecule has 18 heavy (non-hydrogen) atoms. The van der Waals surface area contributed by atoms with Crippen molar-refractivity contribution in [3.63, 3.8) is 0 Å². The molecule has 1 unspecified atom stereocenters. The molecule has 1 saturated heterocycles. The van der Waals surface area contributed by atoms with Gasteiger partial charge >= 0.3 is 0 Å². The highest BCUT2D eigenvalue weighted by atomic mass is 35.5. The van der Waals surface area contributed by atoms with Gasteiger partial charge in [0.1, 0.15) is 0 Å². The highest BCUT2D eigenvalue weighted by Gasteiger charge is 2.23. The number of hydrogen-bond donors (Lipinski definition) is 0. The molecule has 1 fully saturated rings. The first kappa shape index (κ1) is 13.4. The Morgan fingerprint density at radius 1 is 1.56 bits per heavy atom. The van der Waals surface area contributed by atoms with Crippen LogP contribution < -0.4 is 4.90 Å². The maximum Gasteiger partial charge on any atom is 0.159 e. The number of nitrogens with zero attached hydrogens (tertiary/aromatic N) is 1. The highest BCUT2D eigenvalue weighted by Crippen LogP contribution is 2.30. The molecule has 0 N–H and O–H groups in total. The van der Waals surface area contributed by atoms with E-state index in [0.29, 0.717) is 16.6 Å².